The van der Waals surface area contributed by atoms with Crippen LogP contribution in [-0.2, 0) is 6.54 Å². The number of rotatable bonds is 8. The number of urea groups is 1. The van der Waals surface area contributed by atoms with E-state index in [1.165, 1.54) is 0 Å². The molecule has 7 heteroatoms. The molecule has 154 valence electrons. The average molecular weight is 415 g/mol. The number of nitrogens with zero attached hydrogens (tertiary/aromatic N) is 2. The van der Waals surface area contributed by atoms with Gasteiger partial charge in [0.1, 0.15) is 0 Å². The molecule has 6 nitrogen and oxygen atoms in total. The fraction of sp³-hybridized carbons (Fsp3) is 0.409. The summed E-state index contributed by atoms with van der Waals surface area (Å²) < 4.78 is 0. The Hall–Kier alpha value is -2.60. The zero-order valence-electron chi connectivity index (χ0n) is 16.8. The molecule has 0 radical (unpaired) electrons. The van der Waals surface area contributed by atoms with Crippen molar-refractivity contribution in [1.82, 2.24) is 15.2 Å². The molecular weight excluding hydrogens is 388 g/mol. The average Bonchev–Trinajstić information content (AvgIpc) is 3.52. The van der Waals surface area contributed by atoms with Gasteiger partial charge in [0.25, 0.3) is 5.91 Å². The number of aromatic nitrogens is 1. The summed E-state index contributed by atoms with van der Waals surface area (Å²) in [5.41, 5.74) is 1.71. The number of hydrogen-bond donors (Lipinski definition) is 2. The topological polar surface area (TPSA) is 74.3 Å². The van der Waals surface area contributed by atoms with Crippen molar-refractivity contribution in [3.05, 3.63) is 58.9 Å². The number of amides is 3. The first kappa shape index (κ1) is 21.1. The Morgan fingerprint density at radius 2 is 2.03 bits per heavy atom. The number of anilines is 1. The molecule has 2 N–H and O–H groups in total. The minimum Gasteiger partial charge on any atom is -0.346 e. The second-order valence-electron chi connectivity index (χ2n) is 7.74. The maximum atomic E-state index is 12.7. The monoisotopic (exact) mass is 414 g/mol. The predicted octanol–water partition coefficient (Wildman–Crippen LogP) is 4.71. The van der Waals surface area contributed by atoms with Crippen LogP contribution in [0, 0.1) is 5.92 Å². The van der Waals surface area contributed by atoms with Crippen LogP contribution >= 0.6 is 11.6 Å². The molecule has 1 aromatic carbocycles. The number of carbonyl (C=O) groups excluding carboxylic acids is 2. The third-order valence-electron chi connectivity index (χ3n) is 4.82. The third kappa shape index (κ3) is 6.19. The molecule has 0 aliphatic heterocycles. The molecule has 1 fully saturated rings. The Morgan fingerprint density at radius 1 is 1.24 bits per heavy atom. The standard InChI is InChI=1S/C22H27ClN4O2/c1-15(2)10-12-27(18-7-8-18)22(29)26-16-6-9-19(20(23)13-16)21(28)25-14-17-5-3-4-11-24-17/h3-6,9,11,13,15,18H,7-8,10,12,14H2,1-2H3,(H,25,28)(H,26,29). The number of halogens is 1. The van der Waals surface area contributed by atoms with Gasteiger partial charge in [0.15, 0.2) is 0 Å². The third-order valence-corrected chi connectivity index (χ3v) is 5.13. The van der Waals surface area contributed by atoms with E-state index in [0.717, 1.165) is 31.5 Å². The molecule has 3 rings (SSSR count). The molecule has 3 amide bonds. The highest BCUT2D eigenvalue weighted by Gasteiger charge is 2.32. The van der Waals surface area contributed by atoms with E-state index < -0.39 is 0 Å². The van der Waals surface area contributed by atoms with Gasteiger partial charge in [-0.05, 0) is 55.5 Å². The molecule has 1 aliphatic carbocycles. The van der Waals surface area contributed by atoms with Crippen LogP contribution in [0.4, 0.5) is 10.5 Å². The minimum atomic E-state index is -0.282. The number of nitrogens with one attached hydrogen (secondary N) is 2. The molecule has 0 spiro atoms. The number of pyridine rings is 1. The summed E-state index contributed by atoms with van der Waals surface area (Å²) in [5, 5.41) is 6.01. The molecule has 0 unspecified atom stereocenters. The van der Waals surface area contributed by atoms with Gasteiger partial charge in [-0.2, -0.15) is 0 Å². The quantitative estimate of drug-likeness (QED) is 0.657. The van der Waals surface area contributed by atoms with Crippen LogP contribution in [0.1, 0.15) is 49.2 Å². The molecule has 29 heavy (non-hydrogen) atoms. The fourth-order valence-electron chi connectivity index (χ4n) is 2.97. The van der Waals surface area contributed by atoms with Crippen molar-refractivity contribution in [3.63, 3.8) is 0 Å². The first-order chi connectivity index (χ1) is 13.9. The van der Waals surface area contributed by atoms with E-state index in [2.05, 4.69) is 29.5 Å². The molecule has 1 heterocycles. The maximum absolute atomic E-state index is 12.7. The van der Waals surface area contributed by atoms with Gasteiger partial charge in [-0.15, -0.1) is 0 Å². The number of benzene rings is 1. The van der Waals surface area contributed by atoms with E-state index in [0.29, 0.717) is 34.8 Å². The van der Waals surface area contributed by atoms with Crippen molar-refractivity contribution in [2.24, 2.45) is 5.92 Å². The van der Waals surface area contributed by atoms with Crippen molar-refractivity contribution in [3.8, 4) is 0 Å². The summed E-state index contributed by atoms with van der Waals surface area (Å²) in [6.07, 6.45) is 4.77. The van der Waals surface area contributed by atoms with Crippen molar-refractivity contribution in [2.45, 2.75) is 45.7 Å². The van der Waals surface area contributed by atoms with Crippen molar-refractivity contribution < 1.29 is 9.59 Å². The summed E-state index contributed by atoms with van der Waals surface area (Å²) in [5.74, 6) is 0.262. The van der Waals surface area contributed by atoms with Gasteiger partial charge in [0, 0.05) is 24.5 Å². The van der Waals surface area contributed by atoms with Crippen LogP contribution in [-0.4, -0.2) is 34.4 Å². The van der Waals surface area contributed by atoms with Crippen LogP contribution in [0.15, 0.2) is 42.6 Å². The lowest BCUT2D eigenvalue weighted by Gasteiger charge is -2.24. The fourth-order valence-corrected chi connectivity index (χ4v) is 3.24. The Morgan fingerprint density at radius 3 is 2.66 bits per heavy atom. The Bertz CT molecular complexity index is 853. The second kappa shape index (κ2) is 9.74. The van der Waals surface area contributed by atoms with Crippen LogP contribution in [0.2, 0.25) is 5.02 Å². The Labute approximate surface area is 176 Å². The maximum Gasteiger partial charge on any atom is 0.322 e. The highest BCUT2D eigenvalue weighted by Crippen LogP contribution is 2.29. The molecule has 2 aromatic rings. The highest BCUT2D eigenvalue weighted by molar-refractivity contribution is 6.34. The van der Waals surface area contributed by atoms with Crippen molar-refractivity contribution in [1.29, 1.82) is 0 Å². The molecule has 0 bridgehead atoms. The summed E-state index contributed by atoms with van der Waals surface area (Å²) in [6.45, 7) is 5.37. The number of hydrogen-bond acceptors (Lipinski definition) is 3. The van der Waals surface area contributed by atoms with E-state index >= 15 is 0 Å². The van der Waals surface area contributed by atoms with Crippen LogP contribution in [0.3, 0.4) is 0 Å². The van der Waals surface area contributed by atoms with E-state index in [9.17, 15) is 9.59 Å². The lowest BCUT2D eigenvalue weighted by atomic mass is 10.1. The zero-order valence-corrected chi connectivity index (χ0v) is 17.6. The largest absolute Gasteiger partial charge is 0.346 e. The molecule has 1 aliphatic rings. The summed E-state index contributed by atoms with van der Waals surface area (Å²) >= 11 is 6.31. The smallest absolute Gasteiger partial charge is 0.322 e. The van der Waals surface area contributed by atoms with Gasteiger partial charge in [-0.3, -0.25) is 9.78 Å². The first-order valence-corrected chi connectivity index (χ1v) is 10.4. The first-order valence-electron chi connectivity index (χ1n) is 9.99. The summed E-state index contributed by atoms with van der Waals surface area (Å²) in [6, 6.07) is 10.7. The minimum absolute atomic E-state index is 0.114. The zero-order chi connectivity index (χ0) is 20.8. The summed E-state index contributed by atoms with van der Waals surface area (Å²) in [4.78, 5) is 31.2. The van der Waals surface area contributed by atoms with E-state index in [1.54, 1.807) is 24.4 Å². The SMILES string of the molecule is CC(C)CCN(C(=O)Nc1ccc(C(=O)NCc2ccccn2)c(Cl)c1)C1CC1. The van der Waals surface area contributed by atoms with Gasteiger partial charge >= 0.3 is 6.03 Å². The van der Waals surface area contributed by atoms with E-state index in [-0.39, 0.29) is 11.9 Å². The molecule has 1 aromatic heterocycles. The van der Waals surface area contributed by atoms with Crippen LogP contribution in [0.25, 0.3) is 0 Å². The Kier molecular flexibility index (Phi) is 7.09. The van der Waals surface area contributed by atoms with Crippen molar-refractivity contribution >= 4 is 29.2 Å². The number of carbonyl (C=O) groups is 2. The highest BCUT2D eigenvalue weighted by atomic mass is 35.5. The van der Waals surface area contributed by atoms with Crippen LogP contribution < -0.4 is 10.6 Å². The van der Waals surface area contributed by atoms with Gasteiger partial charge in [0.05, 0.1) is 22.8 Å². The lowest BCUT2D eigenvalue weighted by Crippen LogP contribution is -2.38. The van der Waals surface area contributed by atoms with Gasteiger partial charge in [-0.25, -0.2) is 4.79 Å². The van der Waals surface area contributed by atoms with E-state index in [1.807, 2.05) is 23.1 Å². The molecule has 0 saturated heterocycles. The van der Waals surface area contributed by atoms with Gasteiger partial charge in [0.2, 0.25) is 0 Å². The predicted molar refractivity (Wildman–Crippen MR) is 115 cm³/mol. The molecule has 1 saturated carbocycles. The van der Waals surface area contributed by atoms with Crippen molar-refractivity contribution in [2.75, 3.05) is 11.9 Å². The molecular formula is C22H27ClN4O2. The van der Waals surface area contributed by atoms with Gasteiger partial charge in [-0.1, -0.05) is 31.5 Å². The normalized spacial score (nSPS) is 13.2. The Balaban J connectivity index is 1.59. The van der Waals surface area contributed by atoms with E-state index in [4.69, 9.17) is 11.6 Å². The summed E-state index contributed by atoms with van der Waals surface area (Å²) in [7, 11) is 0. The van der Waals surface area contributed by atoms with Gasteiger partial charge < -0.3 is 15.5 Å². The lowest BCUT2D eigenvalue weighted by molar-refractivity contribution is 0.0950. The second-order valence-corrected chi connectivity index (χ2v) is 8.14. The van der Waals surface area contributed by atoms with Crippen LogP contribution in [0.5, 0.6) is 0 Å². The molecule has 0 atom stereocenters.